The summed E-state index contributed by atoms with van der Waals surface area (Å²) < 4.78 is 28.2. The minimum absolute atomic E-state index is 0.376. The topological polar surface area (TPSA) is 21.3 Å². The van der Waals surface area contributed by atoms with Crippen molar-refractivity contribution in [2.45, 2.75) is 45.6 Å². The molecule has 1 rings (SSSR count). The molecule has 0 radical (unpaired) electrons. The van der Waals surface area contributed by atoms with Gasteiger partial charge in [0, 0.05) is 12.6 Å². The molecule has 0 aromatic carbocycles. The largest absolute Gasteiger partial charge is 0.374 e. The molecule has 0 aliphatic heterocycles. The van der Waals surface area contributed by atoms with Gasteiger partial charge in [0.2, 0.25) is 0 Å². The normalized spacial score (nSPS) is 25.0. The Morgan fingerprint density at radius 3 is 2.73 bits per heavy atom. The van der Waals surface area contributed by atoms with E-state index in [1.54, 1.807) is 0 Å². The van der Waals surface area contributed by atoms with Crippen molar-refractivity contribution >= 4 is 0 Å². The second kappa shape index (κ2) is 5.75. The van der Waals surface area contributed by atoms with Crippen LogP contribution in [0.5, 0.6) is 0 Å². The number of rotatable bonds is 6. The first-order chi connectivity index (χ1) is 6.99. The second-order valence-corrected chi connectivity index (χ2v) is 5.02. The number of alkyl halides is 2. The summed E-state index contributed by atoms with van der Waals surface area (Å²) in [5.74, 6) is 0. The standard InChI is InChI=1S/C11H21F2NO/c1-11(2)4-3-9(7-11)14-5-6-15-8-10(12)13/h9-10,14H,3-8H2,1-2H3. The van der Waals surface area contributed by atoms with Crippen LogP contribution >= 0.6 is 0 Å². The molecule has 1 aliphatic rings. The van der Waals surface area contributed by atoms with Gasteiger partial charge in [-0.3, -0.25) is 0 Å². The van der Waals surface area contributed by atoms with Crippen molar-refractivity contribution < 1.29 is 13.5 Å². The van der Waals surface area contributed by atoms with E-state index in [0.29, 0.717) is 24.6 Å². The fourth-order valence-electron chi connectivity index (χ4n) is 2.12. The Morgan fingerprint density at radius 2 is 2.20 bits per heavy atom. The summed E-state index contributed by atoms with van der Waals surface area (Å²) in [5.41, 5.74) is 0.432. The molecule has 1 atom stereocenters. The Morgan fingerprint density at radius 1 is 1.47 bits per heavy atom. The van der Waals surface area contributed by atoms with Crippen LogP contribution < -0.4 is 5.32 Å². The molecule has 0 saturated heterocycles. The predicted molar refractivity (Wildman–Crippen MR) is 56.2 cm³/mol. The third-order valence-corrected chi connectivity index (χ3v) is 2.89. The minimum atomic E-state index is -2.35. The molecule has 0 aromatic rings. The van der Waals surface area contributed by atoms with Gasteiger partial charge in [0.15, 0.2) is 0 Å². The highest BCUT2D eigenvalue weighted by molar-refractivity contribution is 4.86. The number of hydrogen-bond donors (Lipinski definition) is 1. The van der Waals surface area contributed by atoms with Gasteiger partial charge in [0.25, 0.3) is 6.43 Å². The SMILES string of the molecule is CC1(C)CCC(NCCOCC(F)F)C1. The third-order valence-electron chi connectivity index (χ3n) is 2.89. The molecule has 0 heterocycles. The molecule has 90 valence electrons. The molecule has 1 aliphatic carbocycles. The molecule has 1 fully saturated rings. The van der Waals surface area contributed by atoms with Crippen molar-refractivity contribution in [2.24, 2.45) is 5.41 Å². The number of ether oxygens (including phenoxy) is 1. The molecule has 4 heteroatoms. The van der Waals surface area contributed by atoms with Crippen molar-refractivity contribution in [1.82, 2.24) is 5.32 Å². The highest BCUT2D eigenvalue weighted by Crippen LogP contribution is 2.36. The van der Waals surface area contributed by atoms with Crippen LogP contribution in [0.2, 0.25) is 0 Å². The summed E-state index contributed by atoms with van der Waals surface area (Å²) in [4.78, 5) is 0. The maximum Gasteiger partial charge on any atom is 0.261 e. The zero-order chi connectivity index (χ0) is 11.3. The fraction of sp³-hybridized carbons (Fsp3) is 1.00. The summed E-state index contributed by atoms with van der Waals surface area (Å²) in [6.07, 6.45) is 1.24. The number of nitrogens with one attached hydrogen (secondary N) is 1. The van der Waals surface area contributed by atoms with Crippen molar-refractivity contribution in [3.8, 4) is 0 Å². The maximum absolute atomic E-state index is 11.7. The van der Waals surface area contributed by atoms with Crippen LogP contribution in [0.3, 0.4) is 0 Å². The number of halogens is 2. The van der Waals surface area contributed by atoms with E-state index >= 15 is 0 Å². The van der Waals surface area contributed by atoms with Crippen LogP contribution in [0.15, 0.2) is 0 Å². The summed E-state index contributed by atoms with van der Waals surface area (Å²) in [6, 6.07) is 0.537. The zero-order valence-electron chi connectivity index (χ0n) is 9.56. The molecule has 0 bridgehead atoms. The Labute approximate surface area is 90.4 Å². The van der Waals surface area contributed by atoms with Crippen LogP contribution in [0.1, 0.15) is 33.1 Å². The highest BCUT2D eigenvalue weighted by Gasteiger charge is 2.30. The molecule has 0 amide bonds. The van der Waals surface area contributed by atoms with Crippen molar-refractivity contribution in [1.29, 1.82) is 0 Å². The first-order valence-electron chi connectivity index (χ1n) is 5.59. The molecule has 0 aromatic heterocycles. The van der Waals surface area contributed by atoms with E-state index in [1.807, 2.05) is 0 Å². The Hall–Kier alpha value is -0.220. The average molecular weight is 221 g/mol. The second-order valence-electron chi connectivity index (χ2n) is 5.02. The molecule has 1 N–H and O–H groups in total. The third kappa shape index (κ3) is 5.42. The molecule has 0 spiro atoms. The summed E-state index contributed by atoms with van der Waals surface area (Å²) in [5, 5.41) is 3.34. The minimum Gasteiger partial charge on any atom is -0.374 e. The van der Waals surface area contributed by atoms with Crippen LogP contribution in [0, 0.1) is 5.41 Å². The van der Waals surface area contributed by atoms with Gasteiger partial charge in [0.05, 0.1) is 6.61 Å². The summed E-state index contributed by atoms with van der Waals surface area (Å²) >= 11 is 0. The van der Waals surface area contributed by atoms with Gasteiger partial charge in [-0.2, -0.15) is 0 Å². The van der Waals surface area contributed by atoms with Crippen molar-refractivity contribution in [2.75, 3.05) is 19.8 Å². The molecule has 2 nitrogen and oxygen atoms in total. The van der Waals surface area contributed by atoms with Gasteiger partial charge in [0.1, 0.15) is 6.61 Å². The van der Waals surface area contributed by atoms with Crippen molar-refractivity contribution in [3.63, 3.8) is 0 Å². The molecule has 1 saturated carbocycles. The van der Waals surface area contributed by atoms with E-state index in [4.69, 9.17) is 4.74 Å². The summed E-state index contributed by atoms with van der Waals surface area (Å²) in [7, 11) is 0. The van der Waals surface area contributed by atoms with Gasteiger partial charge in [-0.25, -0.2) is 8.78 Å². The van der Waals surface area contributed by atoms with Gasteiger partial charge >= 0.3 is 0 Å². The van der Waals surface area contributed by atoms with E-state index in [9.17, 15) is 8.78 Å². The molecule has 15 heavy (non-hydrogen) atoms. The molecular weight excluding hydrogens is 200 g/mol. The smallest absolute Gasteiger partial charge is 0.261 e. The van der Waals surface area contributed by atoms with E-state index in [1.165, 1.54) is 19.3 Å². The average Bonchev–Trinajstić information content (AvgIpc) is 2.44. The molecular formula is C11H21F2NO. The van der Waals surface area contributed by atoms with Gasteiger partial charge < -0.3 is 10.1 Å². The van der Waals surface area contributed by atoms with E-state index in [0.717, 1.165) is 0 Å². The lowest BCUT2D eigenvalue weighted by molar-refractivity contribution is 0.0182. The van der Waals surface area contributed by atoms with E-state index < -0.39 is 13.0 Å². The lowest BCUT2D eigenvalue weighted by Gasteiger charge is -2.17. The lowest BCUT2D eigenvalue weighted by Crippen LogP contribution is -2.30. The van der Waals surface area contributed by atoms with Crippen LogP contribution in [0.4, 0.5) is 8.78 Å². The van der Waals surface area contributed by atoms with E-state index in [-0.39, 0.29) is 0 Å². The lowest BCUT2D eigenvalue weighted by atomic mass is 9.92. The van der Waals surface area contributed by atoms with Gasteiger partial charge in [-0.05, 0) is 24.7 Å². The van der Waals surface area contributed by atoms with Gasteiger partial charge in [-0.1, -0.05) is 13.8 Å². The Bertz CT molecular complexity index is 185. The monoisotopic (exact) mass is 221 g/mol. The Balaban J connectivity index is 1.97. The summed E-state index contributed by atoms with van der Waals surface area (Å²) in [6.45, 7) is 5.14. The van der Waals surface area contributed by atoms with Crippen molar-refractivity contribution in [3.05, 3.63) is 0 Å². The first kappa shape index (κ1) is 12.8. The van der Waals surface area contributed by atoms with Crippen LogP contribution in [-0.2, 0) is 4.74 Å². The molecule has 1 unspecified atom stereocenters. The predicted octanol–water partition coefficient (Wildman–Crippen LogP) is 2.44. The Kier molecular flexibility index (Phi) is 4.93. The first-order valence-corrected chi connectivity index (χ1v) is 5.59. The zero-order valence-corrected chi connectivity index (χ0v) is 9.56. The van der Waals surface area contributed by atoms with Crippen LogP contribution in [-0.4, -0.2) is 32.2 Å². The quantitative estimate of drug-likeness (QED) is 0.696. The maximum atomic E-state index is 11.7. The number of hydrogen-bond acceptors (Lipinski definition) is 2. The van der Waals surface area contributed by atoms with E-state index in [2.05, 4.69) is 19.2 Å². The highest BCUT2D eigenvalue weighted by atomic mass is 19.3. The van der Waals surface area contributed by atoms with Gasteiger partial charge in [-0.15, -0.1) is 0 Å². The van der Waals surface area contributed by atoms with Crippen LogP contribution in [0.25, 0.3) is 0 Å². The fourth-order valence-corrected chi connectivity index (χ4v) is 2.12.